The molecule has 4 N–H and O–H groups in total. The third-order valence-corrected chi connectivity index (χ3v) is 3.31. The average Bonchev–Trinajstić information content (AvgIpc) is 2.95. The molecular formula is C11H15N5O3. The summed E-state index contributed by atoms with van der Waals surface area (Å²) in [7, 11) is 0. The van der Waals surface area contributed by atoms with Crippen molar-refractivity contribution < 1.29 is 4.74 Å². The van der Waals surface area contributed by atoms with E-state index in [0.717, 1.165) is 6.54 Å². The summed E-state index contributed by atoms with van der Waals surface area (Å²) in [6, 6.07) is 0.163. The molecule has 1 aliphatic rings. The molecule has 2 unspecified atom stereocenters. The van der Waals surface area contributed by atoms with Crippen LogP contribution in [-0.2, 0) is 4.74 Å². The minimum Gasteiger partial charge on any atom is -0.379 e. The Hall–Kier alpha value is -1.93. The summed E-state index contributed by atoms with van der Waals surface area (Å²) in [6.45, 7) is 4.01. The maximum absolute atomic E-state index is 11.6. The molecular weight excluding hydrogens is 250 g/mol. The normalized spacial score (nSPS) is 23.2. The van der Waals surface area contributed by atoms with Gasteiger partial charge in [0.15, 0.2) is 5.65 Å². The van der Waals surface area contributed by atoms with Gasteiger partial charge < -0.3 is 15.0 Å². The Morgan fingerprint density at radius 3 is 2.95 bits per heavy atom. The Labute approximate surface area is 107 Å². The summed E-state index contributed by atoms with van der Waals surface area (Å²) in [6.07, 6.45) is 0. The zero-order chi connectivity index (χ0) is 13.4. The first-order chi connectivity index (χ1) is 9.19. The maximum atomic E-state index is 11.6. The van der Waals surface area contributed by atoms with Crippen molar-refractivity contribution in [1.82, 2.24) is 25.3 Å². The van der Waals surface area contributed by atoms with Gasteiger partial charge in [-0.3, -0.25) is 14.8 Å². The van der Waals surface area contributed by atoms with Crippen LogP contribution in [0.3, 0.4) is 0 Å². The van der Waals surface area contributed by atoms with Gasteiger partial charge >= 0.3 is 5.69 Å². The van der Waals surface area contributed by atoms with Crippen LogP contribution in [0, 0.1) is 0 Å². The average molecular weight is 265 g/mol. The van der Waals surface area contributed by atoms with Crippen molar-refractivity contribution in [1.29, 1.82) is 0 Å². The van der Waals surface area contributed by atoms with Crippen molar-refractivity contribution in [2.24, 2.45) is 0 Å². The lowest BCUT2D eigenvalue weighted by Crippen LogP contribution is -2.34. The third kappa shape index (κ3) is 2.08. The summed E-state index contributed by atoms with van der Waals surface area (Å²) >= 11 is 0. The number of nitrogens with one attached hydrogen (secondary N) is 4. The Kier molecular flexibility index (Phi) is 2.96. The Morgan fingerprint density at radius 1 is 1.32 bits per heavy atom. The van der Waals surface area contributed by atoms with Gasteiger partial charge in [0.25, 0.3) is 5.56 Å². The second-order valence-corrected chi connectivity index (χ2v) is 4.56. The molecule has 8 heteroatoms. The molecule has 2 aromatic rings. The fourth-order valence-electron chi connectivity index (χ4n) is 2.41. The van der Waals surface area contributed by atoms with Gasteiger partial charge in [-0.2, -0.15) is 0 Å². The van der Waals surface area contributed by atoms with E-state index in [1.807, 2.05) is 6.92 Å². The highest BCUT2D eigenvalue weighted by molar-refractivity contribution is 5.68. The van der Waals surface area contributed by atoms with Crippen LogP contribution in [0.2, 0.25) is 0 Å². The summed E-state index contributed by atoms with van der Waals surface area (Å²) in [4.78, 5) is 34.8. The summed E-state index contributed by atoms with van der Waals surface area (Å²) < 4.78 is 5.45. The van der Waals surface area contributed by atoms with E-state index in [2.05, 4.69) is 25.3 Å². The van der Waals surface area contributed by atoms with Crippen LogP contribution in [-0.4, -0.2) is 45.7 Å². The first-order valence-electron chi connectivity index (χ1n) is 6.22. The molecule has 102 valence electrons. The van der Waals surface area contributed by atoms with Crippen molar-refractivity contribution in [2.45, 2.75) is 18.9 Å². The Bertz CT molecular complexity index is 700. The predicted octanol–water partition coefficient (Wildman–Crippen LogP) is -0.969. The van der Waals surface area contributed by atoms with Crippen molar-refractivity contribution in [3.05, 3.63) is 26.7 Å². The summed E-state index contributed by atoms with van der Waals surface area (Å²) in [5, 5.41) is 3.32. The number of nitrogens with zero attached hydrogens (tertiary/aromatic N) is 1. The van der Waals surface area contributed by atoms with Crippen molar-refractivity contribution in [3.8, 4) is 0 Å². The van der Waals surface area contributed by atoms with Crippen LogP contribution in [0.5, 0.6) is 0 Å². The van der Waals surface area contributed by atoms with Gasteiger partial charge in [-0.15, -0.1) is 0 Å². The first kappa shape index (κ1) is 12.1. The molecule has 0 aliphatic carbocycles. The predicted molar refractivity (Wildman–Crippen MR) is 68.4 cm³/mol. The number of aromatic amines is 3. The van der Waals surface area contributed by atoms with Gasteiger partial charge in [-0.25, -0.2) is 9.78 Å². The topological polar surface area (TPSA) is 116 Å². The Morgan fingerprint density at radius 2 is 2.16 bits per heavy atom. The number of rotatable bonds is 3. The SMILES string of the molecule is CCNC1COCC1c1nc2[nH]c(=O)[nH]c(=O)c2[nH]1. The molecule has 0 saturated carbocycles. The van der Waals surface area contributed by atoms with Gasteiger partial charge in [0.05, 0.1) is 19.1 Å². The van der Waals surface area contributed by atoms with Crippen LogP contribution in [0.25, 0.3) is 11.2 Å². The van der Waals surface area contributed by atoms with Crippen LogP contribution < -0.4 is 16.6 Å². The van der Waals surface area contributed by atoms with E-state index in [0.29, 0.717) is 19.0 Å². The zero-order valence-electron chi connectivity index (χ0n) is 10.4. The smallest absolute Gasteiger partial charge is 0.327 e. The second kappa shape index (κ2) is 4.63. The van der Waals surface area contributed by atoms with E-state index in [1.54, 1.807) is 0 Å². The van der Waals surface area contributed by atoms with E-state index in [1.165, 1.54) is 0 Å². The molecule has 2 atom stereocenters. The lowest BCUT2D eigenvalue weighted by Gasteiger charge is -2.15. The number of imidazole rings is 1. The minimum absolute atomic E-state index is 0.0512. The number of H-pyrrole nitrogens is 3. The van der Waals surface area contributed by atoms with Gasteiger partial charge in [-0.1, -0.05) is 6.92 Å². The highest BCUT2D eigenvalue weighted by atomic mass is 16.5. The molecule has 3 rings (SSSR count). The summed E-state index contributed by atoms with van der Waals surface area (Å²) in [5.41, 5.74) is -0.444. The number of hydrogen-bond acceptors (Lipinski definition) is 5. The van der Waals surface area contributed by atoms with E-state index < -0.39 is 11.2 Å². The van der Waals surface area contributed by atoms with Crippen LogP contribution in [0.1, 0.15) is 18.7 Å². The highest BCUT2D eigenvalue weighted by Crippen LogP contribution is 2.24. The summed E-state index contributed by atoms with van der Waals surface area (Å²) in [5.74, 6) is 0.709. The van der Waals surface area contributed by atoms with E-state index in [9.17, 15) is 9.59 Å². The lowest BCUT2D eigenvalue weighted by atomic mass is 10.0. The van der Waals surface area contributed by atoms with Crippen molar-refractivity contribution in [2.75, 3.05) is 19.8 Å². The van der Waals surface area contributed by atoms with Crippen LogP contribution in [0.15, 0.2) is 9.59 Å². The monoisotopic (exact) mass is 265 g/mol. The molecule has 19 heavy (non-hydrogen) atoms. The molecule has 0 spiro atoms. The molecule has 1 aliphatic heterocycles. The van der Waals surface area contributed by atoms with Gasteiger partial charge in [0, 0.05) is 6.04 Å². The third-order valence-electron chi connectivity index (χ3n) is 3.31. The molecule has 1 saturated heterocycles. The molecule has 0 amide bonds. The zero-order valence-corrected chi connectivity index (χ0v) is 10.4. The molecule has 0 bridgehead atoms. The standard InChI is InChI=1S/C11H15N5O3/c1-2-12-6-4-19-3-5(6)8-13-7-9(14-8)15-11(18)16-10(7)17/h5-6,12H,2-4H2,1H3,(H3,13,14,15,16,17,18). The minimum atomic E-state index is -0.554. The van der Waals surface area contributed by atoms with Gasteiger partial charge in [0.2, 0.25) is 0 Å². The van der Waals surface area contributed by atoms with Crippen LogP contribution >= 0.6 is 0 Å². The molecule has 2 aromatic heterocycles. The van der Waals surface area contributed by atoms with Crippen molar-refractivity contribution in [3.63, 3.8) is 0 Å². The molecule has 0 radical (unpaired) electrons. The number of likely N-dealkylation sites (N-methyl/N-ethyl adjacent to an activating group) is 1. The van der Waals surface area contributed by atoms with E-state index >= 15 is 0 Å². The quantitative estimate of drug-likeness (QED) is 0.570. The largest absolute Gasteiger partial charge is 0.379 e. The number of fused-ring (bicyclic) bond motifs is 1. The van der Waals surface area contributed by atoms with Gasteiger partial charge in [0.1, 0.15) is 11.3 Å². The van der Waals surface area contributed by atoms with Gasteiger partial charge in [-0.05, 0) is 6.54 Å². The molecule has 3 heterocycles. The first-order valence-corrected chi connectivity index (χ1v) is 6.22. The second-order valence-electron chi connectivity index (χ2n) is 4.56. The maximum Gasteiger partial charge on any atom is 0.327 e. The van der Waals surface area contributed by atoms with Crippen molar-refractivity contribution >= 4 is 11.2 Å². The fraction of sp³-hybridized carbons (Fsp3) is 0.545. The number of hydrogen-bond donors (Lipinski definition) is 4. The number of ether oxygens (including phenoxy) is 1. The van der Waals surface area contributed by atoms with E-state index in [-0.39, 0.29) is 23.1 Å². The van der Waals surface area contributed by atoms with E-state index in [4.69, 9.17) is 4.74 Å². The lowest BCUT2D eigenvalue weighted by molar-refractivity contribution is 0.187. The molecule has 8 nitrogen and oxygen atoms in total. The Balaban J connectivity index is 2.04. The number of aromatic nitrogens is 4. The fourth-order valence-corrected chi connectivity index (χ4v) is 2.41. The van der Waals surface area contributed by atoms with Crippen LogP contribution in [0.4, 0.5) is 0 Å². The molecule has 0 aromatic carbocycles. The highest BCUT2D eigenvalue weighted by Gasteiger charge is 2.31. The molecule has 1 fully saturated rings.